The van der Waals surface area contributed by atoms with Gasteiger partial charge >= 0.3 is 0 Å². The second-order valence-corrected chi connectivity index (χ2v) is 6.76. The molecule has 0 N–H and O–H groups in total. The van der Waals surface area contributed by atoms with Crippen LogP contribution in [0, 0.1) is 21.8 Å². The van der Waals surface area contributed by atoms with Gasteiger partial charge in [0.25, 0.3) is 5.69 Å². The second kappa shape index (κ2) is 5.49. The number of nitrogens with zero attached hydrogens (tertiary/aromatic N) is 2. The Balaban J connectivity index is 2.42. The summed E-state index contributed by atoms with van der Waals surface area (Å²) < 4.78 is 39.5. The maximum atomic E-state index is 13.8. The molecule has 9 heteroatoms. The number of carbonyl (C=O) groups excluding carboxylic acids is 1. The van der Waals surface area contributed by atoms with Crippen molar-refractivity contribution in [2.24, 2.45) is 5.92 Å². The van der Waals surface area contributed by atoms with Crippen LogP contribution >= 0.6 is 0 Å². The van der Waals surface area contributed by atoms with Crippen LogP contribution < -0.4 is 0 Å². The Morgan fingerprint density at radius 3 is 2.67 bits per heavy atom. The number of nitro groups is 1. The number of halogens is 1. The van der Waals surface area contributed by atoms with Gasteiger partial charge in [0.15, 0.2) is 0 Å². The van der Waals surface area contributed by atoms with Crippen molar-refractivity contribution >= 4 is 21.5 Å². The second-order valence-electron chi connectivity index (χ2n) is 4.85. The van der Waals surface area contributed by atoms with E-state index in [1.165, 1.54) is 0 Å². The molecule has 2 rings (SSSR count). The van der Waals surface area contributed by atoms with Crippen LogP contribution in [0.5, 0.6) is 0 Å². The summed E-state index contributed by atoms with van der Waals surface area (Å²) in [6.45, 7) is 1.49. The molecule has 1 atom stereocenters. The smallest absolute Gasteiger partial charge is 0.270 e. The maximum absolute atomic E-state index is 13.8. The van der Waals surface area contributed by atoms with E-state index in [0.29, 0.717) is 6.07 Å². The minimum atomic E-state index is -4.20. The molecule has 1 aliphatic rings. The monoisotopic (exact) mass is 316 g/mol. The number of ketones is 1. The van der Waals surface area contributed by atoms with Gasteiger partial charge in [-0.25, -0.2) is 12.8 Å². The van der Waals surface area contributed by atoms with E-state index in [0.717, 1.165) is 16.4 Å². The van der Waals surface area contributed by atoms with Crippen LogP contribution in [0.4, 0.5) is 10.1 Å². The molecule has 1 unspecified atom stereocenters. The Morgan fingerprint density at radius 2 is 2.10 bits per heavy atom. The lowest BCUT2D eigenvalue weighted by Gasteiger charge is -2.29. The van der Waals surface area contributed by atoms with Gasteiger partial charge in [-0.3, -0.25) is 14.9 Å². The van der Waals surface area contributed by atoms with Gasteiger partial charge in [-0.2, -0.15) is 4.31 Å². The number of hydrogen-bond acceptors (Lipinski definition) is 5. The summed E-state index contributed by atoms with van der Waals surface area (Å²) in [5, 5.41) is 10.7. The minimum Gasteiger partial charge on any atom is -0.299 e. The zero-order valence-electron chi connectivity index (χ0n) is 11.2. The molecule has 0 amide bonds. The summed E-state index contributed by atoms with van der Waals surface area (Å²) >= 11 is 0. The zero-order chi connectivity index (χ0) is 15.8. The third kappa shape index (κ3) is 2.93. The molecule has 0 saturated carbocycles. The predicted molar refractivity (Wildman–Crippen MR) is 70.6 cm³/mol. The van der Waals surface area contributed by atoms with Crippen molar-refractivity contribution in [3.8, 4) is 0 Å². The Labute approximate surface area is 120 Å². The number of sulfonamides is 1. The fourth-order valence-electron chi connectivity index (χ4n) is 2.14. The van der Waals surface area contributed by atoms with Crippen LogP contribution in [-0.4, -0.2) is 36.5 Å². The van der Waals surface area contributed by atoms with Crippen molar-refractivity contribution in [3.63, 3.8) is 0 Å². The summed E-state index contributed by atoms with van der Waals surface area (Å²) in [6.07, 6.45) is 0.0525. The van der Waals surface area contributed by atoms with Crippen LogP contribution in [0.2, 0.25) is 0 Å². The molecule has 1 fully saturated rings. The number of carbonyl (C=O) groups is 1. The first-order valence-electron chi connectivity index (χ1n) is 6.20. The number of rotatable bonds is 3. The molecule has 0 spiro atoms. The lowest BCUT2D eigenvalue weighted by atomic mass is 10.0. The number of piperidine rings is 1. The maximum Gasteiger partial charge on any atom is 0.270 e. The van der Waals surface area contributed by atoms with Crippen molar-refractivity contribution in [1.82, 2.24) is 4.31 Å². The van der Waals surface area contributed by atoms with Gasteiger partial charge in [-0.15, -0.1) is 0 Å². The highest BCUT2D eigenvalue weighted by Gasteiger charge is 2.34. The quantitative estimate of drug-likeness (QED) is 0.619. The van der Waals surface area contributed by atoms with Gasteiger partial charge in [0.2, 0.25) is 10.0 Å². The molecule has 1 heterocycles. The highest BCUT2D eigenvalue weighted by atomic mass is 32.2. The number of benzene rings is 1. The first-order valence-corrected chi connectivity index (χ1v) is 7.64. The first-order chi connectivity index (χ1) is 9.73. The van der Waals surface area contributed by atoms with Crippen molar-refractivity contribution in [2.75, 3.05) is 13.1 Å². The largest absolute Gasteiger partial charge is 0.299 e. The van der Waals surface area contributed by atoms with Crippen LogP contribution in [0.1, 0.15) is 13.3 Å². The molecule has 1 aromatic carbocycles. The third-order valence-corrected chi connectivity index (χ3v) is 5.26. The summed E-state index contributed by atoms with van der Waals surface area (Å²) in [4.78, 5) is 20.6. The first kappa shape index (κ1) is 15.5. The number of Topliss-reactive ketones (excluding diaryl/α,β-unsaturated/α-hetero) is 1. The van der Waals surface area contributed by atoms with E-state index in [9.17, 15) is 27.7 Å². The molecular weight excluding hydrogens is 303 g/mol. The van der Waals surface area contributed by atoms with Crippen molar-refractivity contribution in [3.05, 3.63) is 34.1 Å². The Kier molecular flexibility index (Phi) is 4.06. The minimum absolute atomic E-state index is 0.0480. The molecule has 0 aromatic heterocycles. The van der Waals surface area contributed by atoms with E-state index in [1.807, 2.05) is 0 Å². The van der Waals surface area contributed by atoms with E-state index in [4.69, 9.17) is 0 Å². The van der Waals surface area contributed by atoms with Crippen LogP contribution in [0.3, 0.4) is 0 Å². The molecule has 0 bridgehead atoms. The summed E-state index contributed by atoms with van der Waals surface area (Å²) in [5.74, 6) is -1.58. The van der Waals surface area contributed by atoms with E-state index in [1.54, 1.807) is 6.92 Å². The molecule has 114 valence electrons. The fourth-order valence-corrected chi connectivity index (χ4v) is 3.75. The van der Waals surface area contributed by atoms with Gasteiger partial charge in [-0.1, -0.05) is 6.92 Å². The summed E-state index contributed by atoms with van der Waals surface area (Å²) in [6, 6.07) is 2.35. The summed E-state index contributed by atoms with van der Waals surface area (Å²) in [7, 11) is -4.20. The average Bonchev–Trinajstić information content (AvgIpc) is 2.41. The van der Waals surface area contributed by atoms with Gasteiger partial charge < -0.3 is 0 Å². The van der Waals surface area contributed by atoms with Crippen LogP contribution in [0.15, 0.2) is 23.1 Å². The standard InChI is InChI=1S/C12H13FN2O5S/c1-8-7-14(5-4-11(8)16)21(19,20)12-6-9(15(17)18)2-3-10(12)13/h2-3,6,8H,4-5,7H2,1H3. The molecule has 1 aliphatic heterocycles. The molecule has 0 aliphatic carbocycles. The lowest BCUT2D eigenvalue weighted by molar-refractivity contribution is -0.385. The van der Waals surface area contributed by atoms with Crippen LogP contribution in [0.25, 0.3) is 0 Å². The number of non-ortho nitro benzene ring substituents is 1. The molecule has 7 nitrogen and oxygen atoms in total. The molecule has 1 saturated heterocycles. The number of hydrogen-bond donors (Lipinski definition) is 0. The molecule has 1 aromatic rings. The predicted octanol–water partition coefficient (Wildman–Crippen LogP) is 1.33. The van der Waals surface area contributed by atoms with Crippen molar-refractivity contribution in [2.45, 2.75) is 18.2 Å². The van der Waals surface area contributed by atoms with E-state index in [2.05, 4.69) is 0 Å². The summed E-state index contributed by atoms with van der Waals surface area (Å²) in [5.41, 5.74) is -0.504. The van der Waals surface area contributed by atoms with Crippen LogP contribution in [-0.2, 0) is 14.8 Å². The van der Waals surface area contributed by atoms with E-state index >= 15 is 0 Å². The number of nitro benzene ring substituents is 1. The van der Waals surface area contributed by atoms with E-state index < -0.39 is 37.3 Å². The fraction of sp³-hybridized carbons (Fsp3) is 0.417. The van der Waals surface area contributed by atoms with Gasteiger partial charge in [0.05, 0.1) is 4.92 Å². The van der Waals surface area contributed by atoms with E-state index in [-0.39, 0.29) is 25.3 Å². The Morgan fingerprint density at radius 1 is 1.43 bits per heavy atom. The van der Waals surface area contributed by atoms with Gasteiger partial charge in [0, 0.05) is 37.6 Å². The highest BCUT2D eigenvalue weighted by molar-refractivity contribution is 7.89. The van der Waals surface area contributed by atoms with Gasteiger partial charge in [-0.05, 0) is 6.07 Å². The third-order valence-electron chi connectivity index (χ3n) is 3.38. The average molecular weight is 316 g/mol. The normalized spacial score (nSPS) is 20.5. The zero-order valence-corrected chi connectivity index (χ0v) is 12.0. The molecule has 0 radical (unpaired) electrons. The van der Waals surface area contributed by atoms with Crippen molar-refractivity contribution < 1.29 is 22.5 Å². The topological polar surface area (TPSA) is 97.6 Å². The SMILES string of the molecule is CC1CN(S(=O)(=O)c2cc([N+](=O)[O-])ccc2F)CCC1=O. The highest BCUT2D eigenvalue weighted by Crippen LogP contribution is 2.26. The van der Waals surface area contributed by atoms with Crippen molar-refractivity contribution in [1.29, 1.82) is 0 Å². The molecular formula is C12H13FN2O5S. The lowest BCUT2D eigenvalue weighted by Crippen LogP contribution is -2.43. The Bertz CT molecular complexity index is 704. The Hall–Kier alpha value is -1.87. The molecule has 21 heavy (non-hydrogen) atoms. The van der Waals surface area contributed by atoms with Gasteiger partial charge in [0.1, 0.15) is 16.5 Å².